The summed E-state index contributed by atoms with van der Waals surface area (Å²) in [6.07, 6.45) is 3.49. The molecule has 0 unspecified atom stereocenters. The van der Waals surface area contributed by atoms with Gasteiger partial charge in [-0.2, -0.15) is 0 Å². The predicted molar refractivity (Wildman–Crippen MR) is 74.3 cm³/mol. The Morgan fingerprint density at radius 3 is 2.68 bits per heavy atom. The van der Waals surface area contributed by atoms with E-state index < -0.39 is 0 Å². The lowest BCUT2D eigenvalue weighted by molar-refractivity contribution is 0.0805. The van der Waals surface area contributed by atoms with Crippen molar-refractivity contribution in [2.75, 3.05) is 33.5 Å². The maximum absolute atomic E-state index is 5.89. The van der Waals surface area contributed by atoms with Gasteiger partial charge >= 0.3 is 0 Å². The average Bonchev–Trinajstić information content (AvgIpc) is 2.46. The normalized spacial score (nSPS) is 12.4. The van der Waals surface area contributed by atoms with Crippen LogP contribution in [0.4, 0.5) is 0 Å². The fourth-order valence-electron chi connectivity index (χ4n) is 1.53. The van der Waals surface area contributed by atoms with Gasteiger partial charge in [0.05, 0.1) is 18.5 Å². The van der Waals surface area contributed by atoms with Crippen molar-refractivity contribution in [3.05, 3.63) is 24.0 Å². The summed E-state index contributed by atoms with van der Waals surface area (Å²) in [5, 5.41) is 0. The minimum atomic E-state index is -0.00170. The third kappa shape index (κ3) is 6.52. The minimum absolute atomic E-state index is 0.00170. The number of rotatable bonds is 10. The summed E-state index contributed by atoms with van der Waals surface area (Å²) in [6.45, 7) is 4.55. The maximum atomic E-state index is 5.89. The van der Waals surface area contributed by atoms with Crippen LogP contribution in [0, 0.1) is 0 Å². The van der Waals surface area contributed by atoms with Crippen LogP contribution in [0.15, 0.2) is 18.3 Å². The van der Waals surface area contributed by atoms with Crippen LogP contribution in [-0.4, -0.2) is 38.5 Å². The Hall–Kier alpha value is -1.17. The molecule has 0 radical (unpaired) electrons. The van der Waals surface area contributed by atoms with Crippen LogP contribution in [0.1, 0.15) is 31.5 Å². The zero-order valence-electron chi connectivity index (χ0n) is 11.8. The van der Waals surface area contributed by atoms with Crippen molar-refractivity contribution in [1.29, 1.82) is 0 Å². The Kier molecular flexibility index (Phi) is 8.13. The molecule has 0 amide bonds. The van der Waals surface area contributed by atoms with E-state index in [0.29, 0.717) is 19.8 Å². The average molecular weight is 268 g/mol. The third-order valence-electron chi connectivity index (χ3n) is 2.71. The van der Waals surface area contributed by atoms with Gasteiger partial charge in [0.2, 0.25) is 0 Å². The standard InChI is InChI=1S/C14H24N2O3/c1-3-13(15)14-6-5-12(11-16-14)19-10-9-18-8-4-7-17-2/h5-6,11,13H,3-4,7-10,15H2,1-2H3/t13-/m0/s1. The number of aromatic nitrogens is 1. The molecule has 0 spiro atoms. The molecular weight excluding hydrogens is 244 g/mol. The molecular formula is C14H24N2O3. The number of nitrogens with zero attached hydrogens (tertiary/aromatic N) is 1. The fraction of sp³-hybridized carbons (Fsp3) is 0.643. The smallest absolute Gasteiger partial charge is 0.137 e. The Morgan fingerprint density at radius 1 is 1.21 bits per heavy atom. The van der Waals surface area contributed by atoms with E-state index in [1.807, 2.05) is 19.1 Å². The van der Waals surface area contributed by atoms with E-state index in [4.69, 9.17) is 19.9 Å². The van der Waals surface area contributed by atoms with E-state index in [-0.39, 0.29) is 6.04 Å². The van der Waals surface area contributed by atoms with Gasteiger partial charge in [-0.3, -0.25) is 4.98 Å². The number of hydrogen-bond acceptors (Lipinski definition) is 5. The van der Waals surface area contributed by atoms with Gasteiger partial charge in [0, 0.05) is 26.4 Å². The summed E-state index contributed by atoms with van der Waals surface area (Å²) in [5.41, 5.74) is 6.78. The molecule has 108 valence electrons. The maximum Gasteiger partial charge on any atom is 0.137 e. The second-order valence-electron chi connectivity index (χ2n) is 4.24. The molecule has 1 aromatic rings. The van der Waals surface area contributed by atoms with Crippen molar-refractivity contribution in [2.24, 2.45) is 5.73 Å². The minimum Gasteiger partial charge on any atom is -0.490 e. The first-order valence-electron chi connectivity index (χ1n) is 6.69. The van der Waals surface area contributed by atoms with Gasteiger partial charge in [-0.25, -0.2) is 0 Å². The molecule has 0 fully saturated rings. The van der Waals surface area contributed by atoms with Crippen LogP contribution < -0.4 is 10.5 Å². The van der Waals surface area contributed by atoms with Crippen LogP contribution in [0.2, 0.25) is 0 Å². The highest BCUT2D eigenvalue weighted by Gasteiger charge is 2.04. The van der Waals surface area contributed by atoms with Crippen LogP contribution in [0.3, 0.4) is 0 Å². The number of hydrogen-bond donors (Lipinski definition) is 1. The molecule has 5 heteroatoms. The first-order chi connectivity index (χ1) is 9.27. The van der Waals surface area contributed by atoms with Crippen molar-refractivity contribution in [2.45, 2.75) is 25.8 Å². The van der Waals surface area contributed by atoms with E-state index in [1.165, 1.54) is 0 Å². The van der Waals surface area contributed by atoms with Crippen LogP contribution in [0.25, 0.3) is 0 Å². The molecule has 0 saturated carbocycles. The van der Waals surface area contributed by atoms with Gasteiger partial charge in [-0.1, -0.05) is 6.92 Å². The highest BCUT2D eigenvalue weighted by molar-refractivity contribution is 5.21. The number of methoxy groups -OCH3 is 1. The molecule has 1 aromatic heterocycles. The van der Waals surface area contributed by atoms with Gasteiger partial charge in [0.15, 0.2) is 0 Å². The van der Waals surface area contributed by atoms with E-state index >= 15 is 0 Å². The van der Waals surface area contributed by atoms with Gasteiger partial charge < -0.3 is 19.9 Å². The summed E-state index contributed by atoms with van der Waals surface area (Å²) in [5.74, 6) is 0.743. The first-order valence-corrected chi connectivity index (χ1v) is 6.69. The largest absolute Gasteiger partial charge is 0.490 e. The topological polar surface area (TPSA) is 66.6 Å². The second kappa shape index (κ2) is 9.72. The highest BCUT2D eigenvalue weighted by atomic mass is 16.5. The molecule has 0 aliphatic rings. The molecule has 2 N–H and O–H groups in total. The summed E-state index contributed by atoms with van der Waals surface area (Å²) in [4.78, 5) is 4.28. The van der Waals surface area contributed by atoms with Gasteiger partial charge in [0.25, 0.3) is 0 Å². The van der Waals surface area contributed by atoms with Crippen LogP contribution in [0.5, 0.6) is 5.75 Å². The van der Waals surface area contributed by atoms with Gasteiger partial charge in [-0.05, 0) is 25.0 Å². The first kappa shape index (κ1) is 15.9. The van der Waals surface area contributed by atoms with Crippen molar-refractivity contribution in [3.8, 4) is 5.75 Å². The third-order valence-corrected chi connectivity index (χ3v) is 2.71. The summed E-state index contributed by atoms with van der Waals surface area (Å²) in [6, 6.07) is 3.80. The van der Waals surface area contributed by atoms with Crippen molar-refractivity contribution in [3.63, 3.8) is 0 Å². The van der Waals surface area contributed by atoms with Gasteiger partial charge in [-0.15, -0.1) is 0 Å². The summed E-state index contributed by atoms with van der Waals surface area (Å²) < 4.78 is 15.8. The molecule has 19 heavy (non-hydrogen) atoms. The molecule has 0 saturated heterocycles. The SMILES string of the molecule is CC[C@H](N)c1ccc(OCCOCCCOC)cn1. The molecule has 0 aromatic carbocycles. The fourth-order valence-corrected chi connectivity index (χ4v) is 1.53. The molecule has 0 aliphatic heterocycles. The number of ether oxygens (including phenoxy) is 3. The molecule has 5 nitrogen and oxygen atoms in total. The Labute approximate surface area is 115 Å². The van der Waals surface area contributed by atoms with E-state index in [9.17, 15) is 0 Å². The van der Waals surface area contributed by atoms with E-state index in [2.05, 4.69) is 4.98 Å². The second-order valence-corrected chi connectivity index (χ2v) is 4.24. The molecule has 1 heterocycles. The van der Waals surface area contributed by atoms with E-state index in [0.717, 1.165) is 30.9 Å². The molecule has 0 aliphatic carbocycles. The Bertz CT molecular complexity index is 330. The van der Waals surface area contributed by atoms with Crippen LogP contribution >= 0.6 is 0 Å². The number of nitrogens with two attached hydrogens (primary N) is 1. The quantitative estimate of drug-likeness (QED) is 0.657. The lowest BCUT2D eigenvalue weighted by Crippen LogP contribution is -2.11. The van der Waals surface area contributed by atoms with E-state index in [1.54, 1.807) is 13.3 Å². The lowest BCUT2D eigenvalue weighted by Gasteiger charge is -2.10. The molecule has 1 atom stereocenters. The summed E-state index contributed by atoms with van der Waals surface area (Å²) in [7, 11) is 1.68. The highest BCUT2D eigenvalue weighted by Crippen LogP contribution is 2.14. The van der Waals surface area contributed by atoms with Crippen LogP contribution in [-0.2, 0) is 9.47 Å². The summed E-state index contributed by atoms with van der Waals surface area (Å²) >= 11 is 0. The monoisotopic (exact) mass is 268 g/mol. The van der Waals surface area contributed by atoms with Crippen molar-refractivity contribution in [1.82, 2.24) is 4.98 Å². The number of pyridine rings is 1. The molecule has 1 rings (SSSR count). The van der Waals surface area contributed by atoms with Crippen molar-refractivity contribution < 1.29 is 14.2 Å². The van der Waals surface area contributed by atoms with Crippen molar-refractivity contribution >= 4 is 0 Å². The Morgan fingerprint density at radius 2 is 2.05 bits per heavy atom. The molecule has 0 bridgehead atoms. The lowest BCUT2D eigenvalue weighted by atomic mass is 10.1. The predicted octanol–water partition coefficient (Wildman–Crippen LogP) is 1.92. The zero-order valence-corrected chi connectivity index (χ0v) is 11.8. The zero-order chi connectivity index (χ0) is 13.9. The Balaban J connectivity index is 2.16. The van der Waals surface area contributed by atoms with Gasteiger partial charge in [0.1, 0.15) is 12.4 Å².